The van der Waals surface area contributed by atoms with Crippen molar-refractivity contribution in [3.63, 3.8) is 0 Å². The predicted molar refractivity (Wildman–Crippen MR) is 51.1 cm³/mol. The molecule has 2 N–H and O–H groups in total. The van der Waals surface area contributed by atoms with E-state index in [1.165, 1.54) is 0 Å². The zero-order valence-electron chi connectivity index (χ0n) is 7.92. The van der Waals surface area contributed by atoms with Gasteiger partial charge in [-0.05, 0) is 18.5 Å². The van der Waals surface area contributed by atoms with E-state index in [0.717, 1.165) is 13.0 Å². The smallest absolute Gasteiger partial charge is 0.320 e. The van der Waals surface area contributed by atoms with Gasteiger partial charge in [-0.15, -0.1) is 0 Å². The van der Waals surface area contributed by atoms with Crippen LogP contribution in [0.1, 0.15) is 6.42 Å². The van der Waals surface area contributed by atoms with Gasteiger partial charge in [0.05, 0.1) is 0 Å². The Morgan fingerprint density at radius 2 is 2.08 bits per heavy atom. The number of nitrogens with one attached hydrogen (secondary N) is 1. The van der Waals surface area contributed by atoms with Crippen LogP contribution in [0.25, 0.3) is 0 Å². The molecule has 4 heteroatoms. The summed E-state index contributed by atoms with van der Waals surface area (Å²) in [6.45, 7) is 7.58. The Balaban J connectivity index is 2.71. The first kappa shape index (κ1) is 9.73. The second-order valence-electron chi connectivity index (χ2n) is 4.53. The second kappa shape index (κ2) is 3.18. The Bertz CT molecular complexity index is 188. The van der Waals surface area contributed by atoms with Crippen molar-refractivity contribution in [2.45, 2.75) is 37.6 Å². The molecule has 0 aromatic rings. The molecule has 70 valence electrons. The van der Waals surface area contributed by atoms with Gasteiger partial charge < -0.3 is 10.4 Å². The molecule has 12 heavy (non-hydrogen) atoms. The van der Waals surface area contributed by atoms with Crippen molar-refractivity contribution >= 4 is 14.0 Å². The van der Waals surface area contributed by atoms with Crippen LogP contribution in [-0.4, -0.2) is 31.7 Å². The van der Waals surface area contributed by atoms with E-state index in [1.54, 1.807) is 0 Å². The Kier molecular flexibility index (Phi) is 2.58. The number of hydrogen-bond acceptors (Lipinski definition) is 2. The number of carbonyl (C=O) groups is 1. The summed E-state index contributed by atoms with van der Waals surface area (Å²) in [6.07, 6.45) is 1.03. The average Bonchev–Trinajstić information content (AvgIpc) is 2.30. The van der Waals surface area contributed by atoms with Crippen LogP contribution in [0.3, 0.4) is 0 Å². The summed E-state index contributed by atoms with van der Waals surface area (Å²) in [6, 6.07) is -0.281. The van der Waals surface area contributed by atoms with Crippen molar-refractivity contribution in [3.05, 3.63) is 0 Å². The van der Waals surface area contributed by atoms with Crippen molar-refractivity contribution in [1.82, 2.24) is 5.32 Å². The predicted octanol–water partition coefficient (Wildman–Crippen LogP) is 1.14. The number of carboxylic acids is 1. The summed E-state index contributed by atoms with van der Waals surface area (Å²) < 4.78 is 0. The van der Waals surface area contributed by atoms with Gasteiger partial charge in [0.25, 0.3) is 0 Å². The fourth-order valence-corrected chi connectivity index (χ4v) is 4.17. The molecule has 1 aliphatic heterocycles. The highest BCUT2D eigenvalue weighted by Crippen LogP contribution is 2.32. The van der Waals surface area contributed by atoms with Gasteiger partial charge in [0.1, 0.15) is 6.04 Å². The zero-order valence-corrected chi connectivity index (χ0v) is 8.92. The van der Waals surface area contributed by atoms with Crippen LogP contribution in [0.4, 0.5) is 0 Å². The van der Waals surface area contributed by atoms with Crippen LogP contribution in [0, 0.1) is 0 Å². The third kappa shape index (κ3) is 1.87. The molecule has 0 aromatic carbocycles. The maximum absolute atomic E-state index is 10.8. The maximum atomic E-state index is 10.8. The summed E-state index contributed by atoms with van der Waals surface area (Å²) in [4.78, 5) is 10.8. The fourth-order valence-electron chi connectivity index (χ4n) is 1.90. The van der Waals surface area contributed by atoms with Gasteiger partial charge in [-0.25, -0.2) is 0 Å². The lowest BCUT2D eigenvalue weighted by molar-refractivity contribution is -0.139. The highest BCUT2D eigenvalue weighted by molar-refractivity contribution is 6.78. The highest BCUT2D eigenvalue weighted by atomic mass is 28.3. The largest absolute Gasteiger partial charge is 0.480 e. The van der Waals surface area contributed by atoms with Gasteiger partial charge >= 0.3 is 5.97 Å². The lowest BCUT2D eigenvalue weighted by Gasteiger charge is -2.27. The van der Waals surface area contributed by atoms with E-state index >= 15 is 0 Å². The normalized spacial score (nSPS) is 30.6. The van der Waals surface area contributed by atoms with Gasteiger partial charge in [0, 0.05) is 8.07 Å². The number of rotatable bonds is 2. The van der Waals surface area contributed by atoms with Crippen molar-refractivity contribution in [2.75, 3.05) is 6.54 Å². The quantitative estimate of drug-likeness (QED) is 0.637. The minimum atomic E-state index is -1.29. The summed E-state index contributed by atoms with van der Waals surface area (Å²) in [7, 11) is -1.29. The van der Waals surface area contributed by atoms with E-state index in [-0.39, 0.29) is 6.04 Å². The molecule has 0 amide bonds. The Morgan fingerprint density at radius 1 is 1.50 bits per heavy atom. The van der Waals surface area contributed by atoms with Gasteiger partial charge in [-0.3, -0.25) is 4.79 Å². The Hall–Kier alpha value is -0.353. The molecule has 3 nitrogen and oxygen atoms in total. The van der Waals surface area contributed by atoms with Gasteiger partial charge in [-0.1, -0.05) is 19.6 Å². The monoisotopic (exact) mass is 187 g/mol. The summed E-state index contributed by atoms with van der Waals surface area (Å²) in [5.74, 6) is -0.681. The second-order valence-corrected chi connectivity index (χ2v) is 10.0. The van der Waals surface area contributed by atoms with Crippen LogP contribution in [0.2, 0.25) is 25.2 Å². The van der Waals surface area contributed by atoms with Crippen molar-refractivity contribution in [2.24, 2.45) is 0 Å². The van der Waals surface area contributed by atoms with E-state index in [9.17, 15) is 4.79 Å². The standard InChI is InChI=1S/C8H17NO2Si/c1-12(2,3)6-4-5-9-7(6)8(10)11/h6-7,9H,4-5H2,1-3H3,(H,10,11)/t6-,7+/m1/s1. The van der Waals surface area contributed by atoms with Crippen LogP contribution in [-0.2, 0) is 4.79 Å². The molecule has 0 spiro atoms. The molecule has 1 saturated heterocycles. The minimum absolute atomic E-state index is 0.281. The molecule has 1 aliphatic rings. The molecule has 0 saturated carbocycles. The lowest BCUT2D eigenvalue weighted by atomic mass is 10.2. The Morgan fingerprint density at radius 3 is 2.42 bits per heavy atom. The summed E-state index contributed by atoms with van der Waals surface area (Å²) in [5.41, 5.74) is 0.398. The van der Waals surface area contributed by atoms with E-state index in [1.807, 2.05) is 0 Å². The molecular weight excluding hydrogens is 170 g/mol. The molecule has 1 heterocycles. The number of hydrogen-bond donors (Lipinski definition) is 2. The van der Waals surface area contributed by atoms with Gasteiger partial charge in [0.15, 0.2) is 0 Å². The van der Waals surface area contributed by atoms with Crippen LogP contribution >= 0.6 is 0 Å². The zero-order chi connectivity index (χ0) is 9.35. The average molecular weight is 187 g/mol. The van der Waals surface area contributed by atoms with Crippen molar-refractivity contribution in [3.8, 4) is 0 Å². The summed E-state index contributed by atoms with van der Waals surface area (Å²) in [5, 5.41) is 12.0. The molecule has 1 rings (SSSR count). The van der Waals surface area contributed by atoms with Gasteiger partial charge in [0.2, 0.25) is 0 Å². The van der Waals surface area contributed by atoms with Crippen LogP contribution < -0.4 is 5.32 Å². The topological polar surface area (TPSA) is 49.3 Å². The van der Waals surface area contributed by atoms with E-state index < -0.39 is 14.0 Å². The minimum Gasteiger partial charge on any atom is -0.480 e. The highest BCUT2D eigenvalue weighted by Gasteiger charge is 2.40. The van der Waals surface area contributed by atoms with E-state index in [2.05, 4.69) is 25.0 Å². The van der Waals surface area contributed by atoms with Crippen LogP contribution in [0.15, 0.2) is 0 Å². The first-order valence-electron chi connectivity index (χ1n) is 4.39. The van der Waals surface area contributed by atoms with Gasteiger partial charge in [-0.2, -0.15) is 0 Å². The molecule has 0 aromatic heterocycles. The first-order chi connectivity index (χ1) is 5.43. The molecule has 0 unspecified atom stereocenters. The first-order valence-corrected chi connectivity index (χ1v) is 7.97. The molecule has 2 atom stereocenters. The van der Waals surface area contributed by atoms with E-state index in [0.29, 0.717) is 5.54 Å². The SMILES string of the molecule is C[Si](C)(C)[C@@H]1CCN[C@@H]1C(=O)O. The molecule has 0 radical (unpaired) electrons. The number of carboxylic acid groups (broad SMARTS) is 1. The van der Waals surface area contributed by atoms with Crippen molar-refractivity contribution < 1.29 is 9.90 Å². The fraction of sp³-hybridized carbons (Fsp3) is 0.875. The molecule has 0 bridgehead atoms. The summed E-state index contributed by atoms with van der Waals surface area (Å²) >= 11 is 0. The third-order valence-electron chi connectivity index (χ3n) is 2.60. The molecule has 0 aliphatic carbocycles. The third-order valence-corrected chi connectivity index (χ3v) is 5.45. The van der Waals surface area contributed by atoms with E-state index in [4.69, 9.17) is 5.11 Å². The maximum Gasteiger partial charge on any atom is 0.320 e. The van der Waals surface area contributed by atoms with Crippen molar-refractivity contribution in [1.29, 1.82) is 0 Å². The number of aliphatic carboxylic acids is 1. The Labute approximate surface area is 74.2 Å². The molecular formula is C8H17NO2Si. The molecule has 1 fully saturated rings. The van der Waals surface area contributed by atoms with Crippen LogP contribution in [0.5, 0.6) is 0 Å². The lowest BCUT2D eigenvalue weighted by Crippen LogP contribution is -2.42.